The minimum atomic E-state index is -0.542. The highest BCUT2D eigenvalue weighted by atomic mass is 16.6. The Balaban J connectivity index is 2.25. The van der Waals surface area contributed by atoms with Gasteiger partial charge in [0.05, 0.1) is 19.2 Å². The highest BCUT2D eigenvalue weighted by molar-refractivity contribution is 5.90. The fourth-order valence-electron chi connectivity index (χ4n) is 4.25. The lowest BCUT2D eigenvalue weighted by Crippen LogP contribution is -2.24. The Kier molecular flexibility index (Phi) is 12.6. The predicted molar refractivity (Wildman–Crippen MR) is 138 cm³/mol. The van der Waals surface area contributed by atoms with Gasteiger partial charge in [-0.2, -0.15) is 0 Å². The summed E-state index contributed by atoms with van der Waals surface area (Å²) in [4.78, 5) is 25.0. The zero-order valence-electron chi connectivity index (χ0n) is 21.6. The van der Waals surface area contributed by atoms with E-state index < -0.39 is 5.97 Å². The van der Waals surface area contributed by atoms with Crippen LogP contribution in [-0.4, -0.2) is 24.3 Å². The summed E-state index contributed by atoms with van der Waals surface area (Å²) in [5, 5.41) is 0.733. The van der Waals surface area contributed by atoms with Crippen molar-refractivity contribution in [2.24, 2.45) is 0 Å². The monoisotopic (exact) mass is 473 g/mol. The van der Waals surface area contributed by atoms with Crippen molar-refractivity contribution in [1.29, 1.82) is 0 Å². The molecule has 2 rings (SSSR count). The Morgan fingerprint density at radius 3 is 2.09 bits per heavy atom. The molecule has 0 unspecified atom stereocenters. The van der Waals surface area contributed by atoms with Gasteiger partial charge >= 0.3 is 5.97 Å². The quantitative estimate of drug-likeness (QED) is 0.182. The van der Waals surface area contributed by atoms with Gasteiger partial charge in [0, 0.05) is 24.9 Å². The molecule has 0 atom stereocenters. The molecule has 0 bridgehead atoms. The SMILES string of the molecule is CCCCCCCCOc1ccc2c(OC)c(OC(C)=O)c(=O)n(CCCCCCCC)c2c1. The number of nitrogens with zero attached hydrogens (tertiary/aromatic N) is 1. The second kappa shape index (κ2) is 15.4. The highest BCUT2D eigenvalue weighted by Crippen LogP contribution is 2.34. The molecule has 0 saturated heterocycles. The fourth-order valence-corrected chi connectivity index (χ4v) is 4.25. The molecular weight excluding hydrogens is 430 g/mol. The van der Waals surface area contributed by atoms with Crippen LogP contribution in [0.5, 0.6) is 17.2 Å². The standard InChI is InChI=1S/C28H43NO5/c1-5-7-9-11-13-15-19-29-25-21-23(33-20-16-14-12-10-8-6-2)17-18-24(25)26(32-4)27(28(29)31)34-22(3)30/h17-18,21H,5-16,19-20H2,1-4H3. The smallest absolute Gasteiger partial charge is 0.308 e. The van der Waals surface area contributed by atoms with E-state index in [4.69, 9.17) is 14.2 Å². The number of rotatable bonds is 17. The maximum Gasteiger partial charge on any atom is 0.308 e. The Hall–Kier alpha value is -2.50. The Morgan fingerprint density at radius 2 is 1.47 bits per heavy atom. The van der Waals surface area contributed by atoms with Crippen molar-refractivity contribution in [3.05, 3.63) is 28.6 Å². The molecule has 0 N–H and O–H groups in total. The van der Waals surface area contributed by atoms with Gasteiger partial charge in [0.1, 0.15) is 5.75 Å². The van der Waals surface area contributed by atoms with E-state index in [2.05, 4.69) is 13.8 Å². The average molecular weight is 474 g/mol. The maximum atomic E-state index is 13.3. The molecule has 0 spiro atoms. The lowest BCUT2D eigenvalue weighted by molar-refractivity contribution is -0.132. The highest BCUT2D eigenvalue weighted by Gasteiger charge is 2.21. The molecule has 190 valence electrons. The van der Waals surface area contributed by atoms with Gasteiger partial charge in [0.15, 0.2) is 5.75 Å². The number of carbonyl (C=O) groups is 1. The van der Waals surface area contributed by atoms with E-state index >= 15 is 0 Å². The molecule has 6 heteroatoms. The van der Waals surface area contributed by atoms with Gasteiger partial charge < -0.3 is 18.8 Å². The van der Waals surface area contributed by atoms with Crippen molar-refractivity contribution in [1.82, 2.24) is 4.57 Å². The average Bonchev–Trinajstić information content (AvgIpc) is 2.82. The molecule has 0 fully saturated rings. The number of unbranched alkanes of at least 4 members (excludes halogenated alkanes) is 10. The summed E-state index contributed by atoms with van der Waals surface area (Å²) in [5.41, 5.74) is 0.396. The summed E-state index contributed by atoms with van der Waals surface area (Å²) in [6.45, 7) is 6.92. The van der Waals surface area contributed by atoms with E-state index in [1.807, 2.05) is 18.2 Å². The van der Waals surface area contributed by atoms with E-state index in [0.29, 0.717) is 13.2 Å². The fraction of sp³-hybridized carbons (Fsp3) is 0.643. The lowest BCUT2D eigenvalue weighted by atomic mass is 10.1. The van der Waals surface area contributed by atoms with Crippen molar-refractivity contribution < 1.29 is 19.0 Å². The van der Waals surface area contributed by atoms with Crippen LogP contribution in [-0.2, 0) is 11.3 Å². The van der Waals surface area contributed by atoms with Gasteiger partial charge in [0.2, 0.25) is 5.75 Å². The van der Waals surface area contributed by atoms with Crippen LogP contribution in [0.2, 0.25) is 0 Å². The number of hydrogen-bond donors (Lipinski definition) is 0. The molecule has 2 aromatic rings. The van der Waals surface area contributed by atoms with Crippen LogP contribution < -0.4 is 19.8 Å². The number of aromatic nitrogens is 1. The lowest BCUT2D eigenvalue weighted by Gasteiger charge is -2.17. The van der Waals surface area contributed by atoms with Crippen LogP contribution >= 0.6 is 0 Å². The summed E-state index contributed by atoms with van der Waals surface area (Å²) in [7, 11) is 1.49. The van der Waals surface area contributed by atoms with E-state index in [-0.39, 0.29) is 17.1 Å². The topological polar surface area (TPSA) is 66.8 Å². The van der Waals surface area contributed by atoms with Crippen LogP contribution in [0.4, 0.5) is 0 Å². The Morgan fingerprint density at radius 1 is 0.853 bits per heavy atom. The summed E-state index contributed by atoms with van der Waals surface area (Å²) in [5.74, 6) is 0.435. The van der Waals surface area contributed by atoms with Crippen molar-refractivity contribution in [2.75, 3.05) is 13.7 Å². The van der Waals surface area contributed by atoms with Crippen LogP contribution in [0.25, 0.3) is 10.9 Å². The van der Waals surface area contributed by atoms with Gasteiger partial charge in [-0.15, -0.1) is 0 Å². The van der Waals surface area contributed by atoms with Gasteiger partial charge in [-0.25, -0.2) is 0 Å². The number of esters is 1. The molecule has 34 heavy (non-hydrogen) atoms. The normalized spacial score (nSPS) is 11.1. The molecule has 0 aliphatic heterocycles. The number of aryl methyl sites for hydroxylation is 1. The first kappa shape index (κ1) is 27.7. The van der Waals surface area contributed by atoms with Crippen molar-refractivity contribution in [3.8, 4) is 17.2 Å². The molecule has 0 radical (unpaired) electrons. The number of ether oxygens (including phenoxy) is 3. The van der Waals surface area contributed by atoms with E-state index in [0.717, 1.165) is 48.8 Å². The second-order valence-corrected chi connectivity index (χ2v) is 8.98. The molecule has 1 heterocycles. The molecule has 6 nitrogen and oxygen atoms in total. The Bertz CT molecular complexity index is 950. The minimum Gasteiger partial charge on any atom is -0.494 e. The summed E-state index contributed by atoms with van der Waals surface area (Å²) in [6.07, 6.45) is 14.0. The molecule has 0 aliphatic rings. The predicted octanol–water partition coefficient (Wildman–Crippen LogP) is 7.04. The molecular formula is C28H43NO5. The van der Waals surface area contributed by atoms with E-state index in [1.165, 1.54) is 59.0 Å². The third kappa shape index (κ3) is 8.37. The maximum absolute atomic E-state index is 13.3. The van der Waals surface area contributed by atoms with Crippen molar-refractivity contribution in [2.45, 2.75) is 104 Å². The summed E-state index contributed by atoms with van der Waals surface area (Å²) < 4.78 is 18.5. The number of hydrogen-bond acceptors (Lipinski definition) is 5. The number of pyridine rings is 1. The zero-order valence-corrected chi connectivity index (χ0v) is 21.6. The van der Waals surface area contributed by atoms with Crippen molar-refractivity contribution in [3.63, 3.8) is 0 Å². The summed E-state index contributed by atoms with van der Waals surface area (Å²) in [6, 6.07) is 5.68. The van der Waals surface area contributed by atoms with E-state index in [9.17, 15) is 9.59 Å². The van der Waals surface area contributed by atoms with Gasteiger partial charge in [-0.1, -0.05) is 78.1 Å². The number of fused-ring (bicyclic) bond motifs is 1. The molecule has 1 aromatic carbocycles. The first-order valence-corrected chi connectivity index (χ1v) is 13.1. The molecule has 0 amide bonds. The molecule has 1 aromatic heterocycles. The zero-order chi connectivity index (χ0) is 24.8. The van der Waals surface area contributed by atoms with Crippen LogP contribution in [0, 0.1) is 0 Å². The van der Waals surface area contributed by atoms with Gasteiger partial charge in [0.25, 0.3) is 5.56 Å². The molecule has 0 saturated carbocycles. The summed E-state index contributed by atoms with van der Waals surface area (Å²) >= 11 is 0. The first-order chi connectivity index (χ1) is 16.5. The van der Waals surface area contributed by atoms with Crippen LogP contribution in [0.3, 0.4) is 0 Å². The van der Waals surface area contributed by atoms with Gasteiger partial charge in [-0.3, -0.25) is 9.59 Å². The number of benzene rings is 1. The van der Waals surface area contributed by atoms with Gasteiger partial charge in [-0.05, 0) is 25.0 Å². The Labute approximate surface area is 204 Å². The second-order valence-electron chi connectivity index (χ2n) is 8.98. The number of methoxy groups -OCH3 is 1. The minimum absolute atomic E-state index is 0.0470. The third-order valence-corrected chi connectivity index (χ3v) is 6.10. The van der Waals surface area contributed by atoms with Crippen molar-refractivity contribution >= 4 is 16.9 Å². The first-order valence-electron chi connectivity index (χ1n) is 13.1. The van der Waals surface area contributed by atoms with Crippen LogP contribution in [0.1, 0.15) is 97.8 Å². The molecule has 0 aliphatic carbocycles. The van der Waals surface area contributed by atoms with E-state index in [1.54, 1.807) is 4.57 Å². The third-order valence-electron chi connectivity index (χ3n) is 6.10. The van der Waals surface area contributed by atoms with Crippen LogP contribution in [0.15, 0.2) is 23.0 Å². The number of carbonyl (C=O) groups excluding carboxylic acids is 1. The largest absolute Gasteiger partial charge is 0.494 e.